The van der Waals surface area contributed by atoms with Gasteiger partial charge in [0.15, 0.2) is 9.84 Å². The van der Waals surface area contributed by atoms with Gasteiger partial charge in [-0.25, -0.2) is 13.3 Å². The van der Waals surface area contributed by atoms with Crippen LogP contribution in [-0.2, 0) is 19.5 Å². The van der Waals surface area contributed by atoms with E-state index in [0.717, 1.165) is 17.0 Å². The second kappa shape index (κ2) is 8.14. The summed E-state index contributed by atoms with van der Waals surface area (Å²) in [6.07, 6.45) is 1.18. The highest BCUT2D eigenvalue weighted by Gasteiger charge is 2.34. The topological polar surface area (TPSA) is 95.9 Å². The Hall–Kier alpha value is -2.68. The number of nitrogens with zero attached hydrogens (tertiary/aromatic N) is 1. The zero-order chi connectivity index (χ0) is 20.3. The van der Waals surface area contributed by atoms with Crippen molar-refractivity contribution in [2.45, 2.75) is 23.8 Å². The summed E-state index contributed by atoms with van der Waals surface area (Å²) in [5, 5.41) is 13.7. The molecular formula is C20H22N2O5S. The fourth-order valence-corrected chi connectivity index (χ4v) is 3.76. The molecule has 8 heteroatoms. The van der Waals surface area contributed by atoms with E-state index in [0.29, 0.717) is 23.3 Å². The van der Waals surface area contributed by atoms with Crippen LogP contribution < -0.4 is 5.32 Å². The molecule has 7 nitrogen and oxygen atoms in total. The van der Waals surface area contributed by atoms with E-state index in [1.807, 2.05) is 30.3 Å². The van der Waals surface area contributed by atoms with Gasteiger partial charge in [0, 0.05) is 30.9 Å². The van der Waals surface area contributed by atoms with Crippen LogP contribution in [0.1, 0.15) is 24.0 Å². The van der Waals surface area contributed by atoms with Gasteiger partial charge in [-0.1, -0.05) is 42.5 Å². The number of hydroxylamine groups is 2. The van der Waals surface area contributed by atoms with Crippen LogP contribution in [0.2, 0.25) is 0 Å². The number of benzene rings is 2. The fourth-order valence-electron chi connectivity index (χ4n) is 3.13. The van der Waals surface area contributed by atoms with Gasteiger partial charge in [0.2, 0.25) is 5.91 Å². The van der Waals surface area contributed by atoms with Crippen molar-refractivity contribution in [1.82, 2.24) is 10.5 Å². The molecule has 1 atom stereocenters. The number of sulfone groups is 1. The molecule has 0 spiro atoms. The molecule has 148 valence electrons. The molecule has 0 fully saturated rings. The number of rotatable bonds is 6. The predicted molar refractivity (Wildman–Crippen MR) is 105 cm³/mol. The van der Waals surface area contributed by atoms with E-state index < -0.39 is 15.9 Å². The molecule has 28 heavy (non-hydrogen) atoms. The molecule has 1 heterocycles. The van der Waals surface area contributed by atoms with Crippen molar-refractivity contribution in [3.05, 3.63) is 65.7 Å². The van der Waals surface area contributed by atoms with E-state index >= 15 is 0 Å². The molecule has 0 aliphatic carbocycles. The van der Waals surface area contributed by atoms with Crippen LogP contribution in [0.25, 0.3) is 11.3 Å². The number of carbonyl (C=O) groups is 1. The number of hydrogen-bond acceptors (Lipinski definition) is 6. The summed E-state index contributed by atoms with van der Waals surface area (Å²) in [7, 11) is -1.76. The fraction of sp³-hybridized carbons (Fsp3) is 0.250. The van der Waals surface area contributed by atoms with Crippen molar-refractivity contribution < 1.29 is 23.3 Å². The molecule has 1 aliphatic heterocycles. The summed E-state index contributed by atoms with van der Waals surface area (Å²) in [5.41, 5.74) is 2.62. The summed E-state index contributed by atoms with van der Waals surface area (Å²) >= 11 is 0. The monoisotopic (exact) mass is 402 g/mol. The molecule has 0 radical (unpaired) electrons. The Morgan fingerprint density at radius 2 is 1.75 bits per heavy atom. The van der Waals surface area contributed by atoms with Crippen LogP contribution in [0.3, 0.4) is 0 Å². The zero-order valence-electron chi connectivity index (χ0n) is 15.6. The Labute approximate surface area is 164 Å². The molecule has 1 aliphatic rings. The van der Waals surface area contributed by atoms with Crippen molar-refractivity contribution in [1.29, 1.82) is 0 Å². The lowest BCUT2D eigenvalue weighted by Gasteiger charge is -2.14. The van der Waals surface area contributed by atoms with E-state index in [9.17, 15) is 18.4 Å². The van der Waals surface area contributed by atoms with Crippen LogP contribution in [0.15, 0.2) is 59.5 Å². The van der Waals surface area contributed by atoms with Crippen LogP contribution in [-0.4, -0.2) is 44.2 Å². The van der Waals surface area contributed by atoms with Gasteiger partial charge in [0.05, 0.1) is 4.90 Å². The van der Waals surface area contributed by atoms with Gasteiger partial charge in [-0.3, -0.25) is 10.0 Å². The third kappa shape index (κ3) is 4.24. The summed E-state index contributed by atoms with van der Waals surface area (Å²) in [4.78, 5) is 17.5. The predicted octanol–water partition coefficient (Wildman–Crippen LogP) is 2.49. The van der Waals surface area contributed by atoms with Gasteiger partial charge < -0.3 is 5.32 Å². The molecule has 2 N–H and O–H groups in total. The van der Waals surface area contributed by atoms with E-state index in [1.54, 1.807) is 19.2 Å². The molecule has 0 bridgehead atoms. The van der Waals surface area contributed by atoms with Crippen molar-refractivity contribution in [3.8, 4) is 0 Å². The minimum absolute atomic E-state index is 0.131. The first-order chi connectivity index (χ1) is 13.3. The molecule has 0 aromatic heterocycles. The maximum absolute atomic E-state index is 11.7. The summed E-state index contributed by atoms with van der Waals surface area (Å²) in [6.45, 7) is 0. The Bertz CT molecular complexity index is 985. The summed E-state index contributed by atoms with van der Waals surface area (Å²) in [6, 6.07) is 15.7. The van der Waals surface area contributed by atoms with Gasteiger partial charge >= 0.3 is 0 Å². The Morgan fingerprint density at radius 1 is 1.11 bits per heavy atom. The molecule has 1 amide bonds. The quantitative estimate of drug-likeness (QED) is 0.771. The maximum Gasteiger partial charge on any atom is 0.219 e. The highest BCUT2D eigenvalue weighted by Crippen LogP contribution is 2.40. The van der Waals surface area contributed by atoms with E-state index in [4.69, 9.17) is 4.84 Å². The van der Waals surface area contributed by atoms with Gasteiger partial charge in [-0.2, -0.15) is 0 Å². The van der Waals surface area contributed by atoms with E-state index in [2.05, 4.69) is 5.32 Å². The van der Waals surface area contributed by atoms with Gasteiger partial charge in [0.25, 0.3) is 0 Å². The van der Waals surface area contributed by atoms with Crippen molar-refractivity contribution in [3.63, 3.8) is 0 Å². The largest absolute Gasteiger partial charge is 0.359 e. The first kappa shape index (κ1) is 20.1. The highest BCUT2D eigenvalue weighted by molar-refractivity contribution is 7.90. The number of hydrogen-bond donors (Lipinski definition) is 2. The molecular weight excluding hydrogens is 380 g/mol. The normalized spacial score (nSPS) is 17.1. The lowest BCUT2D eigenvalue weighted by Crippen LogP contribution is -2.22. The lowest BCUT2D eigenvalue weighted by atomic mass is 9.93. The third-order valence-electron chi connectivity index (χ3n) is 4.55. The van der Waals surface area contributed by atoms with Gasteiger partial charge in [0.1, 0.15) is 11.8 Å². The molecule has 0 saturated carbocycles. The Balaban J connectivity index is 2.07. The zero-order valence-corrected chi connectivity index (χ0v) is 16.4. The second-order valence-electron chi connectivity index (χ2n) is 6.50. The van der Waals surface area contributed by atoms with Crippen LogP contribution in [0.5, 0.6) is 0 Å². The minimum Gasteiger partial charge on any atom is -0.359 e. The van der Waals surface area contributed by atoms with Gasteiger partial charge in [-0.15, -0.1) is 5.23 Å². The average Bonchev–Trinajstić information content (AvgIpc) is 3.02. The first-order valence-corrected chi connectivity index (χ1v) is 10.7. The smallest absolute Gasteiger partial charge is 0.219 e. The van der Waals surface area contributed by atoms with E-state index in [1.165, 1.54) is 12.1 Å². The number of nitrogens with one attached hydrogen (secondary N) is 1. The molecule has 2 aromatic carbocycles. The average molecular weight is 402 g/mol. The molecule has 3 rings (SSSR count). The summed E-state index contributed by atoms with van der Waals surface area (Å²) < 4.78 is 23.5. The third-order valence-corrected chi connectivity index (χ3v) is 5.68. The molecule has 1 unspecified atom stereocenters. The Morgan fingerprint density at radius 3 is 2.32 bits per heavy atom. The first-order valence-electron chi connectivity index (χ1n) is 8.77. The standard InChI is InChI=1S/C20H22N2O5S/c1-21-18(23)13-12-17-19(14-8-10-16(11-9-14)28(2,25)26)20(22(24)27-17)15-6-4-3-5-7-15/h3-11,17,24H,12-13H2,1-2H3,(H,21,23). The highest BCUT2D eigenvalue weighted by atomic mass is 32.2. The maximum atomic E-state index is 11.7. The summed E-state index contributed by atoms with van der Waals surface area (Å²) in [5.74, 6) is -0.131. The minimum atomic E-state index is -3.32. The van der Waals surface area contributed by atoms with Crippen molar-refractivity contribution >= 4 is 27.0 Å². The second-order valence-corrected chi connectivity index (χ2v) is 8.52. The van der Waals surface area contributed by atoms with Crippen LogP contribution >= 0.6 is 0 Å². The molecule has 2 aromatic rings. The number of amides is 1. The SMILES string of the molecule is CNC(=O)CCC1ON(O)C(c2ccccc2)=C1c1ccc(S(C)(=O)=O)cc1. The van der Waals surface area contributed by atoms with Crippen LogP contribution in [0.4, 0.5) is 0 Å². The van der Waals surface area contributed by atoms with Crippen LogP contribution in [0, 0.1) is 0 Å². The Kier molecular flexibility index (Phi) is 5.83. The molecule has 0 saturated heterocycles. The lowest BCUT2D eigenvalue weighted by molar-refractivity contribution is -0.297. The van der Waals surface area contributed by atoms with Crippen molar-refractivity contribution in [2.75, 3.05) is 13.3 Å². The number of carbonyl (C=O) groups excluding carboxylic acids is 1. The van der Waals surface area contributed by atoms with E-state index in [-0.39, 0.29) is 17.2 Å². The van der Waals surface area contributed by atoms with Crippen molar-refractivity contribution in [2.24, 2.45) is 0 Å². The van der Waals surface area contributed by atoms with Gasteiger partial charge in [-0.05, 0) is 24.1 Å².